The van der Waals surface area contributed by atoms with Gasteiger partial charge in [0.1, 0.15) is 29.7 Å². The van der Waals surface area contributed by atoms with Crippen LogP contribution < -0.4 is 19.9 Å². The molecule has 0 radical (unpaired) electrons. The van der Waals surface area contributed by atoms with E-state index in [-0.39, 0.29) is 41.0 Å². The number of hydrogen-bond acceptors (Lipinski definition) is 8. The van der Waals surface area contributed by atoms with Gasteiger partial charge in [0.2, 0.25) is 0 Å². The molecule has 5 aliphatic heterocycles. The zero-order valence-electron chi connectivity index (χ0n) is 23.1. The van der Waals surface area contributed by atoms with Gasteiger partial charge in [0.15, 0.2) is 0 Å². The van der Waals surface area contributed by atoms with Gasteiger partial charge in [0, 0.05) is 54.8 Å². The highest BCUT2D eigenvalue weighted by Gasteiger charge is 2.39. The average molecular weight is 557 g/mol. The van der Waals surface area contributed by atoms with E-state index in [0.717, 1.165) is 56.7 Å². The maximum absolute atomic E-state index is 14.8. The molecule has 2 aromatic carbocycles. The molecule has 4 saturated heterocycles. The SMILES string of the molecule is C#Cc1c(F)ccc2cc(O)cc(N3CCc4c(nc(OC[C@@H]5CCCN5C)nc4N4CC5CCC4CN5)C3=O)c12. The fourth-order valence-corrected chi connectivity index (χ4v) is 6.93. The van der Waals surface area contributed by atoms with Gasteiger partial charge >= 0.3 is 6.01 Å². The number of ether oxygens (including phenoxy) is 1. The minimum absolute atomic E-state index is 0.0365. The summed E-state index contributed by atoms with van der Waals surface area (Å²) in [6, 6.07) is 6.97. The third kappa shape index (κ3) is 4.44. The molecule has 6 heterocycles. The number of terminal acetylenes is 1. The molecule has 41 heavy (non-hydrogen) atoms. The zero-order valence-corrected chi connectivity index (χ0v) is 23.1. The molecule has 212 valence electrons. The van der Waals surface area contributed by atoms with E-state index in [2.05, 4.69) is 33.1 Å². The number of nitrogens with one attached hydrogen (secondary N) is 1. The number of benzene rings is 2. The van der Waals surface area contributed by atoms with Crippen LogP contribution in [0.15, 0.2) is 24.3 Å². The van der Waals surface area contributed by atoms with Crippen molar-refractivity contribution in [1.82, 2.24) is 20.2 Å². The van der Waals surface area contributed by atoms with Crippen LogP contribution in [0.3, 0.4) is 0 Å². The summed E-state index contributed by atoms with van der Waals surface area (Å²) >= 11 is 0. The molecule has 0 aliphatic carbocycles. The van der Waals surface area contributed by atoms with E-state index in [1.54, 1.807) is 11.0 Å². The second-order valence-corrected chi connectivity index (χ2v) is 11.6. The van der Waals surface area contributed by atoms with E-state index >= 15 is 0 Å². The lowest BCUT2D eigenvalue weighted by atomic mass is 9.92. The number of fused-ring (bicyclic) bond motifs is 5. The minimum atomic E-state index is -0.553. The van der Waals surface area contributed by atoms with Gasteiger partial charge in [-0.1, -0.05) is 12.0 Å². The maximum Gasteiger partial charge on any atom is 0.319 e. The molecule has 2 N–H and O–H groups in total. The molecule has 4 fully saturated rings. The summed E-state index contributed by atoms with van der Waals surface area (Å²) in [6.07, 6.45) is 10.6. The lowest BCUT2D eigenvalue weighted by Gasteiger charge is -2.47. The van der Waals surface area contributed by atoms with E-state index in [1.807, 2.05) is 0 Å². The number of carbonyl (C=O) groups is 1. The van der Waals surface area contributed by atoms with Crippen molar-refractivity contribution >= 4 is 28.2 Å². The number of rotatable bonds is 5. The Morgan fingerprint density at radius 3 is 2.80 bits per heavy atom. The summed E-state index contributed by atoms with van der Waals surface area (Å²) in [4.78, 5) is 29.9. The predicted molar refractivity (Wildman–Crippen MR) is 154 cm³/mol. The Hall–Kier alpha value is -3.94. The number of phenols is 1. The van der Waals surface area contributed by atoms with E-state index in [9.17, 15) is 14.3 Å². The fourth-order valence-electron chi connectivity index (χ4n) is 6.93. The Morgan fingerprint density at radius 1 is 1.22 bits per heavy atom. The van der Waals surface area contributed by atoms with Crippen LogP contribution in [0.1, 0.15) is 47.3 Å². The molecule has 10 heteroatoms. The Kier molecular flexibility index (Phi) is 6.44. The van der Waals surface area contributed by atoms with Crippen LogP contribution in [0.4, 0.5) is 15.9 Å². The van der Waals surface area contributed by atoms with Crippen molar-refractivity contribution < 1.29 is 19.0 Å². The molecule has 3 aromatic rings. The van der Waals surface area contributed by atoms with E-state index < -0.39 is 5.82 Å². The minimum Gasteiger partial charge on any atom is -0.508 e. The summed E-state index contributed by atoms with van der Waals surface area (Å²) in [5.74, 6) is 2.27. The number of hydrogen-bond donors (Lipinski definition) is 2. The van der Waals surface area contributed by atoms with Gasteiger partial charge in [0.25, 0.3) is 5.91 Å². The second-order valence-electron chi connectivity index (χ2n) is 11.6. The first-order valence-electron chi connectivity index (χ1n) is 14.4. The monoisotopic (exact) mass is 556 g/mol. The molecule has 1 aromatic heterocycles. The van der Waals surface area contributed by atoms with Crippen LogP contribution in [-0.2, 0) is 6.42 Å². The summed E-state index contributed by atoms with van der Waals surface area (Å²) in [6.45, 7) is 3.48. The Labute approximate surface area is 238 Å². The number of phenolic OH excluding ortho intramolecular Hbond substituents is 1. The van der Waals surface area contributed by atoms with Crippen molar-refractivity contribution in [2.75, 3.05) is 49.6 Å². The number of likely N-dealkylation sites (tertiary alicyclic amines) is 1. The molecule has 2 bridgehead atoms. The zero-order chi connectivity index (χ0) is 28.2. The molecule has 8 rings (SSSR count). The molecule has 1 amide bonds. The van der Waals surface area contributed by atoms with Crippen molar-refractivity contribution in [2.24, 2.45) is 0 Å². The van der Waals surface area contributed by atoms with Crippen LogP contribution in [0.25, 0.3) is 10.8 Å². The molecule has 9 nitrogen and oxygen atoms in total. The first kappa shape index (κ1) is 26.0. The number of carbonyl (C=O) groups excluding carboxylic acids is 1. The molecule has 0 saturated carbocycles. The van der Waals surface area contributed by atoms with Gasteiger partial charge in [-0.25, -0.2) is 4.39 Å². The van der Waals surface area contributed by atoms with Crippen molar-refractivity contribution in [3.8, 4) is 24.1 Å². The van der Waals surface area contributed by atoms with E-state index in [4.69, 9.17) is 16.1 Å². The average Bonchev–Trinajstić information content (AvgIpc) is 3.41. The van der Waals surface area contributed by atoms with Crippen molar-refractivity contribution in [2.45, 2.75) is 50.2 Å². The molecule has 2 unspecified atom stereocenters. The van der Waals surface area contributed by atoms with Crippen molar-refractivity contribution in [1.29, 1.82) is 0 Å². The maximum atomic E-state index is 14.8. The summed E-state index contributed by atoms with van der Waals surface area (Å²) in [5, 5.41) is 15.1. The molecule has 3 atom stereocenters. The van der Waals surface area contributed by atoms with E-state index in [0.29, 0.717) is 42.1 Å². The van der Waals surface area contributed by atoms with Crippen LogP contribution in [-0.4, -0.2) is 83.8 Å². The molecular weight excluding hydrogens is 523 g/mol. The van der Waals surface area contributed by atoms with Crippen LogP contribution >= 0.6 is 0 Å². The number of nitrogens with zero attached hydrogens (tertiary/aromatic N) is 5. The first-order chi connectivity index (χ1) is 19.9. The number of aromatic hydroxyl groups is 1. The number of likely N-dealkylation sites (N-methyl/N-ethyl adjacent to an activating group) is 1. The lowest BCUT2D eigenvalue weighted by Crippen LogP contribution is -2.61. The third-order valence-corrected chi connectivity index (χ3v) is 9.16. The largest absolute Gasteiger partial charge is 0.508 e. The van der Waals surface area contributed by atoms with E-state index in [1.165, 1.54) is 18.2 Å². The highest BCUT2D eigenvalue weighted by atomic mass is 19.1. The van der Waals surface area contributed by atoms with Crippen LogP contribution in [0.5, 0.6) is 11.8 Å². The highest BCUT2D eigenvalue weighted by molar-refractivity contribution is 6.13. The quantitative estimate of drug-likeness (QED) is 0.464. The number of piperazine rings is 1. The Bertz CT molecular complexity index is 1580. The number of aromatic nitrogens is 2. The number of amides is 1. The number of piperidine rings is 2. The number of anilines is 2. The van der Waals surface area contributed by atoms with Gasteiger partial charge < -0.3 is 29.9 Å². The Balaban J connectivity index is 1.31. The molecular formula is C31H33FN6O3. The predicted octanol–water partition coefficient (Wildman–Crippen LogP) is 3.07. The Morgan fingerprint density at radius 2 is 2.10 bits per heavy atom. The first-order valence-corrected chi connectivity index (χ1v) is 14.4. The molecule has 5 aliphatic rings. The lowest BCUT2D eigenvalue weighted by molar-refractivity contribution is 0.0973. The standard InChI is InChI=1S/C31H33FN6O3/c1-3-23-25(32)9-6-18-13-22(39)14-26(27(18)23)37-12-10-24-28(30(37)40)34-31(41-17-21-5-4-11-36(21)2)35-29(24)38-16-19-7-8-20(38)15-33-19/h1,6,9,13-14,19-21,33,39H,4-5,7-8,10-12,15-17H2,2H3/t19?,20?,21-/m0/s1. The third-order valence-electron chi connectivity index (χ3n) is 9.16. The second kappa shape index (κ2) is 10.2. The summed E-state index contributed by atoms with van der Waals surface area (Å²) < 4.78 is 20.9. The van der Waals surface area contributed by atoms with Gasteiger partial charge in [-0.05, 0) is 63.2 Å². The van der Waals surface area contributed by atoms with Crippen LogP contribution in [0, 0.1) is 18.2 Å². The normalized spacial score (nSPS) is 24.1. The fraction of sp³-hybridized carbons (Fsp3) is 0.452. The summed E-state index contributed by atoms with van der Waals surface area (Å²) in [7, 11) is 2.09. The van der Waals surface area contributed by atoms with Gasteiger partial charge in [-0.15, -0.1) is 6.42 Å². The van der Waals surface area contributed by atoms with Crippen molar-refractivity contribution in [3.63, 3.8) is 0 Å². The van der Waals surface area contributed by atoms with Crippen molar-refractivity contribution in [3.05, 3.63) is 46.9 Å². The van der Waals surface area contributed by atoms with Crippen LogP contribution in [0.2, 0.25) is 0 Å². The topological polar surface area (TPSA) is 94.1 Å². The number of halogens is 1. The highest BCUT2D eigenvalue weighted by Crippen LogP contribution is 2.39. The molecule has 0 spiro atoms. The summed E-state index contributed by atoms with van der Waals surface area (Å²) in [5.41, 5.74) is 1.50. The van der Waals surface area contributed by atoms with Gasteiger partial charge in [-0.2, -0.15) is 9.97 Å². The smallest absolute Gasteiger partial charge is 0.319 e. The van der Waals surface area contributed by atoms with Gasteiger partial charge in [0.05, 0.1) is 11.3 Å². The van der Waals surface area contributed by atoms with Gasteiger partial charge in [-0.3, -0.25) is 4.79 Å².